The van der Waals surface area contributed by atoms with Gasteiger partial charge in [0.15, 0.2) is 0 Å². The Morgan fingerprint density at radius 3 is 2.69 bits per heavy atom. The quantitative estimate of drug-likeness (QED) is 0.675. The minimum absolute atomic E-state index is 0. The first-order chi connectivity index (χ1) is 13.4. The van der Waals surface area contributed by atoms with Gasteiger partial charge in [-0.25, -0.2) is 12.8 Å². The van der Waals surface area contributed by atoms with Crippen LogP contribution in [0, 0.1) is 5.82 Å². The molecule has 2 bridgehead atoms. The highest BCUT2D eigenvalue weighted by Crippen LogP contribution is 2.44. The van der Waals surface area contributed by atoms with Crippen LogP contribution in [0.2, 0.25) is 0 Å². The molecule has 2 aliphatic rings. The number of hydrogen-bond acceptors (Lipinski definition) is 4. The summed E-state index contributed by atoms with van der Waals surface area (Å²) in [5, 5.41) is 4.53. The van der Waals surface area contributed by atoms with Gasteiger partial charge in [0, 0.05) is 42.7 Å². The summed E-state index contributed by atoms with van der Waals surface area (Å²) >= 11 is 0. The molecular formula is C21H22ClFN2O3S. The van der Waals surface area contributed by atoms with E-state index in [2.05, 4.69) is 9.88 Å². The predicted octanol–water partition coefficient (Wildman–Crippen LogP) is 3.93. The van der Waals surface area contributed by atoms with Crippen LogP contribution in [-0.2, 0) is 23.3 Å². The highest BCUT2D eigenvalue weighted by molar-refractivity contribution is 7.91. The van der Waals surface area contributed by atoms with E-state index in [9.17, 15) is 12.8 Å². The first kappa shape index (κ1) is 20.2. The molecule has 2 aromatic carbocycles. The zero-order chi connectivity index (χ0) is 19.6. The number of halogens is 2. The van der Waals surface area contributed by atoms with Crippen molar-refractivity contribution in [2.45, 2.75) is 41.1 Å². The summed E-state index contributed by atoms with van der Waals surface area (Å²) in [6.07, 6.45) is 3.09. The summed E-state index contributed by atoms with van der Waals surface area (Å²) < 4.78 is 47.7. The monoisotopic (exact) mass is 436 g/mol. The Bertz CT molecular complexity index is 1220. The molecule has 0 amide bonds. The number of hydrogen-bond donors (Lipinski definition) is 1. The van der Waals surface area contributed by atoms with Crippen LogP contribution in [0.3, 0.4) is 0 Å². The van der Waals surface area contributed by atoms with Crippen molar-refractivity contribution in [1.29, 1.82) is 0 Å². The average molecular weight is 437 g/mol. The van der Waals surface area contributed by atoms with Crippen LogP contribution in [0.1, 0.15) is 30.1 Å². The number of rotatable bonds is 3. The maximum atomic E-state index is 13.6. The van der Waals surface area contributed by atoms with Crippen molar-refractivity contribution in [1.82, 2.24) is 9.88 Å². The molecule has 1 fully saturated rings. The Kier molecular flexibility index (Phi) is 4.88. The van der Waals surface area contributed by atoms with E-state index in [0.717, 1.165) is 36.2 Å². The number of benzene rings is 2. The van der Waals surface area contributed by atoms with Gasteiger partial charge in [-0.2, -0.15) is 0 Å². The smallest absolute Gasteiger partial charge is 0.206 e. The number of nitrogens with one attached hydrogen (secondary N) is 1. The van der Waals surface area contributed by atoms with Crippen molar-refractivity contribution >= 4 is 33.1 Å². The molecule has 29 heavy (non-hydrogen) atoms. The second kappa shape index (κ2) is 7.00. The summed E-state index contributed by atoms with van der Waals surface area (Å²) in [5.41, 5.74) is 3.31. The molecule has 5 rings (SSSR count). The highest BCUT2D eigenvalue weighted by atomic mass is 35.5. The minimum Gasteiger partial charge on any atom is -0.495 e. The molecular weight excluding hydrogens is 415 g/mol. The number of aryl methyl sites for hydroxylation is 1. The lowest BCUT2D eigenvalue weighted by Crippen LogP contribution is -2.32. The minimum atomic E-state index is -3.87. The van der Waals surface area contributed by atoms with E-state index >= 15 is 0 Å². The molecule has 1 N–H and O–H groups in total. The summed E-state index contributed by atoms with van der Waals surface area (Å²) in [4.78, 5) is 0.0636. The van der Waals surface area contributed by atoms with Crippen molar-refractivity contribution in [3.8, 4) is 5.75 Å². The van der Waals surface area contributed by atoms with Gasteiger partial charge in [0.2, 0.25) is 9.84 Å². The van der Waals surface area contributed by atoms with E-state index in [1.807, 2.05) is 7.05 Å². The topological polar surface area (TPSA) is 60.3 Å². The standard InChI is InChI=1S/C21H21FN2O3S.ClH/c1-24-18-9-13-6-7-17(23-13)20(18)16-10-15(11-19(27-2)21(16)24)28(25,26)14-5-3-4-12(22)8-14;/h3-5,8,10-11,13,17,23H,6-7,9H2,1-2H3;1H. The van der Waals surface area contributed by atoms with Crippen molar-refractivity contribution in [3.05, 3.63) is 53.5 Å². The van der Waals surface area contributed by atoms with Crippen LogP contribution in [0.4, 0.5) is 4.39 Å². The Labute approximate surface area is 175 Å². The molecule has 5 nitrogen and oxygen atoms in total. The second-order valence-corrected chi connectivity index (χ2v) is 9.55. The number of ether oxygens (including phenoxy) is 1. The number of aromatic nitrogens is 1. The molecule has 0 saturated carbocycles. The number of fused-ring (bicyclic) bond motifs is 6. The zero-order valence-electron chi connectivity index (χ0n) is 16.1. The van der Waals surface area contributed by atoms with Gasteiger partial charge < -0.3 is 14.6 Å². The van der Waals surface area contributed by atoms with E-state index in [1.54, 1.807) is 19.2 Å². The Morgan fingerprint density at radius 1 is 1.17 bits per heavy atom. The van der Waals surface area contributed by atoms with Crippen LogP contribution < -0.4 is 10.1 Å². The molecule has 154 valence electrons. The highest BCUT2D eigenvalue weighted by Gasteiger charge is 2.37. The van der Waals surface area contributed by atoms with Gasteiger partial charge in [-0.3, -0.25) is 0 Å². The van der Waals surface area contributed by atoms with Crippen LogP contribution in [0.25, 0.3) is 10.9 Å². The van der Waals surface area contributed by atoms with Gasteiger partial charge >= 0.3 is 0 Å². The van der Waals surface area contributed by atoms with Gasteiger partial charge in [-0.15, -0.1) is 12.4 Å². The van der Waals surface area contributed by atoms with E-state index in [4.69, 9.17) is 4.74 Å². The normalized spacial score (nSPS) is 20.4. The molecule has 2 atom stereocenters. The maximum absolute atomic E-state index is 13.6. The summed E-state index contributed by atoms with van der Waals surface area (Å²) in [7, 11) is -0.312. The van der Waals surface area contributed by atoms with E-state index in [0.29, 0.717) is 11.8 Å². The molecule has 3 aromatic rings. The number of sulfone groups is 1. The van der Waals surface area contributed by atoms with Gasteiger partial charge in [0.05, 0.1) is 22.4 Å². The molecule has 0 spiro atoms. The third kappa shape index (κ3) is 2.95. The second-order valence-electron chi connectivity index (χ2n) is 7.60. The first-order valence-corrected chi connectivity index (χ1v) is 10.8. The van der Waals surface area contributed by atoms with Crippen LogP contribution >= 0.6 is 12.4 Å². The van der Waals surface area contributed by atoms with E-state index < -0.39 is 15.7 Å². The Morgan fingerprint density at radius 2 is 1.97 bits per heavy atom. The van der Waals surface area contributed by atoms with E-state index in [1.165, 1.54) is 29.5 Å². The molecule has 2 aliphatic heterocycles. The summed E-state index contributed by atoms with van der Waals surface area (Å²) in [5.74, 6) is -0.0624. The van der Waals surface area contributed by atoms with Crippen molar-refractivity contribution in [2.75, 3.05) is 7.11 Å². The molecule has 1 aromatic heterocycles. The SMILES string of the molecule is COc1cc(S(=O)(=O)c2cccc(F)c2)cc2c3c(n(C)c12)CC1CCC3N1.Cl. The summed E-state index contributed by atoms with van der Waals surface area (Å²) in [6, 6.07) is 9.07. The molecule has 2 unspecified atom stereocenters. The third-order valence-electron chi connectivity index (χ3n) is 6.06. The van der Waals surface area contributed by atoms with Gasteiger partial charge in [-0.1, -0.05) is 6.07 Å². The Hall–Kier alpha value is -2.09. The Balaban J connectivity index is 0.00000205. The fourth-order valence-electron chi connectivity index (χ4n) is 4.76. The fraction of sp³-hybridized carbons (Fsp3) is 0.333. The number of methoxy groups -OCH3 is 1. The lowest BCUT2D eigenvalue weighted by atomic mass is 9.99. The largest absolute Gasteiger partial charge is 0.495 e. The molecule has 0 radical (unpaired) electrons. The zero-order valence-corrected chi connectivity index (χ0v) is 17.7. The summed E-state index contributed by atoms with van der Waals surface area (Å²) in [6.45, 7) is 0. The van der Waals surface area contributed by atoms with Crippen molar-refractivity contribution < 1.29 is 17.5 Å². The van der Waals surface area contributed by atoms with Crippen LogP contribution in [-0.4, -0.2) is 26.1 Å². The third-order valence-corrected chi connectivity index (χ3v) is 7.79. The van der Waals surface area contributed by atoms with Crippen LogP contribution in [0.15, 0.2) is 46.2 Å². The van der Waals surface area contributed by atoms with Gasteiger partial charge in [-0.05, 0) is 42.7 Å². The lowest BCUT2D eigenvalue weighted by molar-refractivity contribution is 0.416. The van der Waals surface area contributed by atoms with E-state index in [-0.39, 0.29) is 28.2 Å². The van der Waals surface area contributed by atoms with Gasteiger partial charge in [0.1, 0.15) is 11.6 Å². The fourth-order valence-corrected chi connectivity index (χ4v) is 6.10. The molecule has 8 heteroatoms. The first-order valence-electron chi connectivity index (χ1n) is 9.36. The predicted molar refractivity (Wildman–Crippen MR) is 111 cm³/mol. The van der Waals surface area contributed by atoms with Crippen molar-refractivity contribution in [2.24, 2.45) is 7.05 Å². The van der Waals surface area contributed by atoms with Crippen molar-refractivity contribution in [3.63, 3.8) is 0 Å². The number of nitrogens with zero attached hydrogens (tertiary/aromatic N) is 1. The average Bonchev–Trinajstić information content (AvgIpc) is 3.20. The molecule has 1 saturated heterocycles. The lowest BCUT2D eigenvalue weighted by Gasteiger charge is -2.23. The van der Waals surface area contributed by atoms with Crippen LogP contribution in [0.5, 0.6) is 5.75 Å². The molecule has 3 heterocycles. The maximum Gasteiger partial charge on any atom is 0.206 e. The van der Waals surface area contributed by atoms with Gasteiger partial charge in [0.25, 0.3) is 0 Å². The molecule has 0 aliphatic carbocycles.